The Balaban J connectivity index is 2.54. The Labute approximate surface area is 218 Å². The predicted molar refractivity (Wildman–Crippen MR) is 145 cm³/mol. The number of ketones is 1. The largest absolute Gasteiger partial charge is 0.507 e. The van der Waals surface area contributed by atoms with Crippen LogP contribution >= 0.6 is 76.4 Å². The first-order valence-corrected chi connectivity index (χ1v) is 13.6. The molecular formula is C20H21I3NO5P. The molecule has 162 valence electrons. The van der Waals surface area contributed by atoms with E-state index in [-0.39, 0.29) is 11.5 Å². The molecule has 30 heavy (non-hydrogen) atoms. The van der Waals surface area contributed by atoms with Crippen LogP contribution in [-0.4, -0.2) is 36.7 Å². The quantitative estimate of drug-likeness (QED) is 0.177. The van der Waals surface area contributed by atoms with Crippen LogP contribution in [0.15, 0.2) is 18.2 Å². The third-order valence-electron chi connectivity index (χ3n) is 4.35. The SMILES string of the molecule is CCC(=O)c1c(Oc2c(I)cc(CC(N)C(=O)OC)c(PC)c2I)ccc(O)c1I. The molecule has 0 aliphatic rings. The first kappa shape index (κ1) is 26.0. The molecule has 0 bridgehead atoms. The summed E-state index contributed by atoms with van der Waals surface area (Å²) in [7, 11) is 1.78. The number of esters is 1. The fourth-order valence-electron chi connectivity index (χ4n) is 2.83. The molecule has 2 atom stereocenters. The van der Waals surface area contributed by atoms with Crippen molar-refractivity contribution in [3.8, 4) is 17.2 Å². The van der Waals surface area contributed by atoms with Crippen molar-refractivity contribution in [3.63, 3.8) is 0 Å². The Morgan fingerprint density at radius 3 is 2.47 bits per heavy atom. The molecule has 0 radical (unpaired) electrons. The molecule has 0 aromatic heterocycles. The van der Waals surface area contributed by atoms with Gasteiger partial charge in [-0.25, -0.2) is 0 Å². The van der Waals surface area contributed by atoms with Crippen molar-refractivity contribution in [2.75, 3.05) is 13.8 Å². The van der Waals surface area contributed by atoms with E-state index in [2.05, 4.69) is 51.8 Å². The molecule has 0 spiro atoms. The summed E-state index contributed by atoms with van der Waals surface area (Å²) in [5.41, 5.74) is 7.32. The van der Waals surface area contributed by atoms with Gasteiger partial charge in [0.05, 0.1) is 23.4 Å². The van der Waals surface area contributed by atoms with Crippen LogP contribution in [0, 0.1) is 10.7 Å². The first-order valence-electron chi connectivity index (χ1n) is 8.90. The summed E-state index contributed by atoms with van der Waals surface area (Å²) in [5.74, 6) is 0.541. The molecule has 0 fully saturated rings. The van der Waals surface area contributed by atoms with Gasteiger partial charge >= 0.3 is 5.97 Å². The lowest BCUT2D eigenvalue weighted by Crippen LogP contribution is -2.35. The highest BCUT2D eigenvalue weighted by Gasteiger charge is 2.24. The standard InChI is InChI=1S/C20H21I3NO5P/c1-4-12(25)15-14(6-5-13(26)16(15)22)29-18-10(21)7-9(19(30-3)17(18)23)8-11(24)20(27)28-2/h5-7,11,26,30H,4,8,24H2,1-3H3. The number of phenols is 1. The van der Waals surface area contributed by atoms with Gasteiger partial charge in [-0.15, -0.1) is 0 Å². The molecule has 2 rings (SSSR count). The zero-order chi connectivity index (χ0) is 22.6. The number of nitrogens with two attached hydrogens (primary N) is 1. The van der Waals surface area contributed by atoms with E-state index in [1.54, 1.807) is 13.0 Å². The number of aromatic hydroxyl groups is 1. The van der Waals surface area contributed by atoms with Crippen LogP contribution in [0.25, 0.3) is 0 Å². The summed E-state index contributed by atoms with van der Waals surface area (Å²) in [6.07, 6.45) is 0.668. The molecule has 0 amide bonds. The molecule has 0 aliphatic heterocycles. The van der Waals surface area contributed by atoms with Crippen LogP contribution in [0.1, 0.15) is 29.3 Å². The Kier molecular flexibility index (Phi) is 10.0. The van der Waals surface area contributed by atoms with Crippen molar-refractivity contribution in [2.45, 2.75) is 25.8 Å². The predicted octanol–water partition coefficient (Wildman–Crippen LogP) is 4.57. The lowest BCUT2D eigenvalue weighted by molar-refractivity contribution is -0.142. The van der Waals surface area contributed by atoms with E-state index in [1.165, 1.54) is 13.2 Å². The number of hydrogen-bond acceptors (Lipinski definition) is 6. The lowest BCUT2D eigenvalue weighted by Gasteiger charge is -2.20. The third-order valence-corrected chi connectivity index (χ3v) is 8.85. The number of benzene rings is 2. The van der Waals surface area contributed by atoms with Crippen molar-refractivity contribution in [2.24, 2.45) is 5.73 Å². The molecule has 10 heteroatoms. The van der Waals surface area contributed by atoms with E-state index < -0.39 is 12.0 Å². The minimum absolute atomic E-state index is 0.0482. The number of phenolic OH excluding ortho intramolecular Hbond substituents is 1. The second kappa shape index (κ2) is 11.6. The van der Waals surface area contributed by atoms with Crippen LogP contribution in [-0.2, 0) is 16.0 Å². The maximum absolute atomic E-state index is 12.5. The lowest BCUT2D eigenvalue weighted by atomic mass is 10.1. The van der Waals surface area contributed by atoms with Gasteiger partial charge in [-0.2, -0.15) is 0 Å². The van der Waals surface area contributed by atoms with Crippen molar-refractivity contribution in [1.29, 1.82) is 0 Å². The molecule has 0 heterocycles. The maximum atomic E-state index is 12.5. The molecule has 2 aromatic rings. The summed E-state index contributed by atoms with van der Waals surface area (Å²) in [5, 5.41) is 11.1. The van der Waals surface area contributed by atoms with E-state index in [0.717, 1.165) is 18.0 Å². The third kappa shape index (κ3) is 5.76. The van der Waals surface area contributed by atoms with Crippen molar-refractivity contribution < 1.29 is 24.2 Å². The molecule has 0 saturated carbocycles. The summed E-state index contributed by atoms with van der Waals surface area (Å²) >= 11 is 6.37. The fourth-order valence-corrected chi connectivity index (χ4v) is 7.23. The number of carbonyl (C=O) groups excluding carboxylic acids is 2. The first-order chi connectivity index (χ1) is 14.2. The van der Waals surface area contributed by atoms with Gasteiger partial charge in [0.2, 0.25) is 0 Å². The summed E-state index contributed by atoms with van der Waals surface area (Å²) < 4.78 is 13.2. The molecule has 3 N–H and O–H groups in total. The Morgan fingerprint density at radius 1 is 1.23 bits per heavy atom. The summed E-state index contributed by atoms with van der Waals surface area (Å²) in [6, 6.07) is 4.35. The summed E-state index contributed by atoms with van der Waals surface area (Å²) in [6.45, 7) is 3.83. The molecular weight excluding hydrogens is 746 g/mol. The van der Waals surface area contributed by atoms with Gasteiger partial charge in [0.15, 0.2) is 11.5 Å². The van der Waals surface area contributed by atoms with Crippen molar-refractivity contribution in [3.05, 3.63) is 40.0 Å². The van der Waals surface area contributed by atoms with E-state index in [0.29, 0.717) is 42.1 Å². The zero-order valence-electron chi connectivity index (χ0n) is 16.5. The van der Waals surface area contributed by atoms with Gasteiger partial charge < -0.3 is 20.3 Å². The Morgan fingerprint density at radius 2 is 1.90 bits per heavy atom. The summed E-state index contributed by atoms with van der Waals surface area (Å²) in [4.78, 5) is 24.3. The van der Waals surface area contributed by atoms with Gasteiger partial charge in [-0.1, -0.05) is 15.5 Å². The highest BCUT2D eigenvalue weighted by atomic mass is 127. The smallest absolute Gasteiger partial charge is 0.322 e. The van der Waals surface area contributed by atoms with Crippen LogP contribution in [0.5, 0.6) is 17.2 Å². The number of carbonyl (C=O) groups is 2. The van der Waals surface area contributed by atoms with Crippen molar-refractivity contribution in [1.82, 2.24) is 0 Å². The van der Waals surface area contributed by atoms with Gasteiger partial charge in [0.1, 0.15) is 17.5 Å². The molecule has 6 nitrogen and oxygen atoms in total. The van der Waals surface area contributed by atoms with Crippen LogP contribution in [0.2, 0.25) is 0 Å². The molecule has 2 unspecified atom stereocenters. The monoisotopic (exact) mass is 767 g/mol. The Hall–Kier alpha value is -0.240. The molecule has 2 aromatic carbocycles. The minimum Gasteiger partial charge on any atom is -0.507 e. The average Bonchev–Trinajstić information content (AvgIpc) is 2.72. The fraction of sp³-hybridized carbons (Fsp3) is 0.300. The van der Waals surface area contributed by atoms with E-state index in [9.17, 15) is 14.7 Å². The number of rotatable bonds is 8. The van der Waals surface area contributed by atoms with Gasteiger partial charge in [-0.3, -0.25) is 9.59 Å². The van der Waals surface area contributed by atoms with E-state index in [1.807, 2.05) is 28.7 Å². The van der Waals surface area contributed by atoms with E-state index in [4.69, 9.17) is 15.2 Å². The topological polar surface area (TPSA) is 98.9 Å². The number of halogens is 3. The van der Waals surface area contributed by atoms with Gasteiger partial charge in [0.25, 0.3) is 0 Å². The number of hydrogen-bond donors (Lipinski definition) is 2. The number of ether oxygens (including phenoxy) is 2. The molecule has 0 saturated heterocycles. The highest BCUT2D eigenvalue weighted by Crippen LogP contribution is 2.39. The van der Waals surface area contributed by atoms with Gasteiger partial charge in [-0.05, 0) is 110 Å². The average molecular weight is 767 g/mol. The number of methoxy groups -OCH3 is 1. The number of Topliss-reactive ketones (excluding diaryl/α,β-unsaturated/α-hetero) is 1. The van der Waals surface area contributed by atoms with E-state index >= 15 is 0 Å². The normalized spacial score (nSPS) is 12.2. The van der Waals surface area contributed by atoms with Gasteiger partial charge in [0, 0.05) is 6.42 Å². The maximum Gasteiger partial charge on any atom is 0.322 e. The van der Waals surface area contributed by atoms with Crippen LogP contribution in [0.4, 0.5) is 0 Å². The minimum atomic E-state index is -0.740. The van der Waals surface area contributed by atoms with Crippen LogP contribution in [0.3, 0.4) is 0 Å². The highest BCUT2D eigenvalue weighted by molar-refractivity contribution is 14.1. The second-order valence-electron chi connectivity index (χ2n) is 6.27. The van der Waals surface area contributed by atoms with Crippen LogP contribution < -0.4 is 15.8 Å². The zero-order valence-corrected chi connectivity index (χ0v) is 24.0. The Bertz CT molecular complexity index is 984. The second-order valence-corrected chi connectivity index (χ2v) is 10.6. The molecule has 0 aliphatic carbocycles. The van der Waals surface area contributed by atoms with Crippen molar-refractivity contribution >= 4 is 93.4 Å².